The van der Waals surface area contributed by atoms with E-state index in [0.717, 1.165) is 42.8 Å². The molecule has 0 radical (unpaired) electrons. The Balaban J connectivity index is 1.96. The smallest absolute Gasteiger partial charge is 0.120 e. The molecule has 0 spiro atoms. The summed E-state index contributed by atoms with van der Waals surface area (Å²) in [5.74, 6) is 0. The van der Waals surface area contributed by atoms with Crippen molar-refractivity contribution in [3.63, 3.8) is 0 Å². The zero-order valence-electron chi connectivity index (χ0n) is 11.0. The maximum absolute atomic E-state index is 10.5. The van der Waals surface area contributed by atoms with E-state index in [2.05, 4.69) is 28.7 Å². The van der Waals surface area contributed by atoms with E-state index < -0.39 is 0 Å². The number of fused-ring (bicyclic) bond motifs is 1. The normalized spacial score (nSPS) is 37.6. The summed E-state index contributed by atoms with van der Waals surface area (Å²) in [7, 11) is 0. The van der Waals surface area contributed by atoms with Crippen LogP contribution in [0.25, 0.3) is 0 Å². The van der Waals surface area contributed by atoms with Gasteiger partial charge in [0.2, 0.25) is 0 Å². The Morgan fingerprint density at radius 2 is 2.21 bits per heavy atom. The van der Waals surface area contributed by atoms with Crippen LogP contribution in [0.3, 0.4) is 0 Å². The highest BCUT2D eigenvalue weighted by atomic mass is 127. The molecular formula is C14H20INO3. The van der Waals surface area contributed by atoms with Crippen molar-refractivity contribution >= 4 is 28.9 Å². The van der Waals surface area contributed by atoms with Gasteiger partial charge in [0.05, 0.1) is 24.4 Å². The molecule has 0 aliphatic carbocycles. The average molecular weight is 377 g/mol. The van der Waals surface area contributed by atoms with Crippen molar-refractivity contribution in [3.8, 4) is 6.07 Å². The number of halogens is 1. The third-order valence-electron chi connectivity index (χ3n) is 4.08. The number of rotatable bonds is 6. The Bertz CT molecular complexity index is 357. The van der Waals surface area contributed by atoms with Crippen LogP contribution < -0.4 is 0 Å². The first kappa shape index (κ1) is 15.2. The van der Waals surface area contributed by atoms with Crippen molar-refractivity contribution < 1.29 is 14.3 Å². The van der Waals surface area contributed by atoms with Gasteiger partial charge in [0.25, 0.3) is 0 Å². The fourth-order valence-electron chi connectivity index (χ4n) is 3.13. The summed E-state index contributed by atoms with van der Waals surface area (Å²) < 4.78 is 13.3. The van der Waals surface area contributed by atoms with Crippen LogP contribution in [0.15, 0.2) is 0 Å². The van der Waals surface area contributed by atoms with Crippen molar-refractivity contribution in [3.05, 3.63) is 0 Å². The van der Waals surface area contributed by atoms with Crippen LogP contribution in [0.1, 0.15) is 44.9 Å². The highest BCUT2D eigenvalue weighted by Crippen LogP contribution is 2.44. The van der Waals surface area contributed by atoms with Crippen LogP contribution in [0.5, 0.6) is 0 Å². The molecule has 0 aromatic rings. The van der Waals surface area contributed by atoms with Gasteiger partial charge in [0.1, 0.15) is 11.9 Å². The first-order valence-electron chi connectivity index (χ1n) is 6.94. The minimum Gasteiger partial charge on any atom is -0.372 e. The molecule has 19 heavy (non-hydrogen) atoms. The molecule has 0 saturated carbocycles. The number of aldehydes is 1. The molecule has 4 nitrogen and oxygen atoms in total. The van der Waals surface area contributed by atoms with Gasteiger partial charge < -0.3 is 14.3 Å². The topological polar surface area (TPSA) is 59.3 Å². The van der Waals surface area contributed by atoms with Crippen LogP contribution in [-0.2, 0) is 14.3 Å². The van der Waals surface area contributed by atoms with E-state index in [1.165, 1.54) is 0 Å². The second-order valence-electron chi connectivity index (χ2n) is 5.41. The molecule has 4 unspecified atom stereocenters. The summed E-state index contributed by atoms with van der Waals surface area (Å²) in [5, 5.41) is 8.68. The molecule has 0 aromatic heterocycles. The van der Waals surface area contributed by atoms with E-state index in [4.69, 9.17) is 14.7 Å². The van der Waals surface area contributed by atoms with Gasteiger partial charge in [-0.2, -0.15) is 5.26 Å². The molecule has 106 valence electrons. The van der Waals surface area contributed by atoms with Crippen molar-refractivity contribution in [1.82, 2.24) is 0 Å². The molecule has 0 bridgehead atoms. The first-order chi connectivity index (χ1) is 9.24. The number of carbonyl (C=O) groups is 1. The molecule has 2 fully saturated rings. The lowest BCUT2D eigenvalue weighted by Crippen LogP contribution is -2.49. The summed E-state index contributed by atoms with van der Waals surface area (Å²) in [6, 6.07) is 2.19. The minimum absolute atomic E-state index is 0.152. The van der Waals surface area contributed by atoms with E-state index in [-0.39, 0.29) is 23.9 Å². The lowest BCUT2D eigenvalue weighted by atomic mass is 9.87. The lowest BCUT2D eigenvalue weighted by Gasteiger charge is -2.41. The highest BCUT2D eigenvalue weighted by Gasteiger charge is 2.51. The van der Waals surface area contributed by atoms with Crippen molar-refractivity contribution in [2.45, 2.75) is 68.9 Å². The number of carbonyl (C=O) groups excluding carboxylic acids is 1. The van der Waals surface area contributed by atoms with Gasteiger partial charge >= 0.3 is 0 Å². The first-order valence-corrected chi connectivity index (χ1v) is 8.46. The molecule has 2 aliphatic heterocycles. The third-order valence-corrected chi connectivity index (χ3v) is 5.37. The van der Waals surface area contributed by atoms with Gasteiger partial charge in [0, 0.05) is 23.7 Å². The Morgan fingerprint density at radius 1 is 1.37 bits per heavy atom. The van der Waals surface area contributed by atoms with E-state index >= 15 is 0 Å². The van der Waals surface area contributed by atoms with Gasteiger partial charge in [-0.25, -0.2) is 0 Å². The Kier molecular flexibility index (Phi) is 5.60. The Hall–Kier alpha value is -0.190. The second kappa shape index (κ2) is 7.00. The zero-order chi connectivity index (χ0) is 13.7. The quantitative estimate of drug-likeness (QED) is 0.406. The SMILES string of the molecule is N#CCCC1CCC2OC(CCC=O)CC2(CI)O1. The monoisotopic (exact) mass is 377 g/mol. The Labute approximate surface area is 128 Å². The average Bonchev–Trinajstić information content (AvgIpc) is 2.81. The fraction of sp³-hybridized carbons (Fsp3) is 0.857. The molecule has 0 amide bonds. The van der Waals surface area contributed by atoms with E-state index in [1.807, 2.05) is 0 Å². The third kappa shape index (κ3) is 3.47. The van der Waals surface area contributed by atoms with Gasteiger partial charge in [-0.3, -0.25) is 0 Å². The molecule has 0 aromatic carbocycles. The second-order valence-corrected chi connectivity index (χ2v) is 6.17. The summed E-state index contributed by atoms with van der Waals surface area (Å²) >= 11 is 2.37. The fourth-order valence-corrected chi connectivity index (χ4v) is 4.11. The number of hydrogen-bond acceptors (Lipinski definition) is 4. The molecule has 5 heteroatoms. The van der Waals surface area contributed by atoms with Crippen molar-refractivity contribution in [1.29, 1.82) is 5.26 Å². The summed E-state index contributed by atoms with van der Waals surface area (Å²) in [5.41, 5.74) is -0.188. The van der Waals surface area contributed by atoms with Gasteiger partial charge in [-0.15, -0.1) is 0 Å². The summed E-state index contributed by atoms with van der Waals surface area (Å²) in [6.07, 6.45) is 7.08. The van der Waals surface area contributed by atoms with Crippen LogP contribution in [-0.4, -0.2) is 34.6 Å². The molecule has 2 saturated heterocycles. The minimum atomic E-state index is -0.188. The number of nitrogens with zero attached hydrogens (tertiary/aromatic N) is 1. The molecule has 2 heterocycles. The van der Waals surface area contributed by atoms with Gasteiger partial charge in [0.15, 0.2) is 0 Å². The van der Waals surface area contributed by atoms with E-state index in [0.29, 0.717) is 12.8 Å². The maximum Gasteiger partial charge on any atom is 0.120 e. The van der Waals surface area contributed by atoms with Crippen LogP contribution in [0, 0.1) is 11.3 Å². The summed E-state index contributed by atoms with van der Waals surface area (Å²) in [6.45, 7) is 0. The Morgan fingerprint density at radius 3 is 2.89 bits per heavy atom. The zero-order valence-corrected chi connectivity index (χ0v) is 13.2. The predicted molar refractivity (Wildman–Crippen MR) is 79.1 cm³/mol. The predicted octanol–water partition coefficient (Wildman–Crippen LogP) is 2.78. The number of alkyl halides is 1. The van der Waals surface area contributed by atoms with Crippen LogP contribution in [0.4, 0.5) is 0 Å². The lowest BCUT2D eigenvalue weighted by molar-refractivity contribution is -0.153. The maximum atomic E-state index is 10.5. The molecule has 2 rings (SSSR count). The number of ether oxygens (including phenoxy) is 2. The largest absolute Gasteiger partial charge is 0.372 e. The van der Waals surface area contributed by atoms with Gasteiger partial charge in [-0.1, -0.05) is 22.6 Å². The highest BCUT2D eigenvalue weighted by molar-refractivity contribution is 14.1. The van der Waals surface area contributed by atoms with Crippen LogP contribution in [0.2, 0.25) is 0 Å². The molecule has 2 aliphatic rings. The molecule has 4 atom stereocenters. The standard InChI is InChI=1S/C14H20INO3/c15-10-14-9-12(4-2-8-17)18-13(14)6-5-11(19-14)3-1-7-16/h8,11-13H,1-6,9-10H2. The number of hydrogen-bond donors (Lipinski definition) is 0. The van der Waals surface area contributed by atoms with Crippen molar-refractivity contribution in [2.75, 3.05) is 4.43 Å². The van der Waals surface area contributed by atoms with E-state index in [1.54, 1.807) is 0 Å². The van der Waals surface area contributed by atoms with E-state index in [9.17, 15) is 4.79 Å². The number of nitriles is 1. The molecular weight excluding hydrogens is 357 g/mol. The van der Waals surface area contributed by atoms with Gasteiger partial charge in [-0.05, 0) is 25.7 Å². The van der Waals surface area contributed by atoms with Crippen LogP contribution >= 0.6 is 22.6 Å². The summed E-state index contributed by atoms with van der Waals surface area (Å²) in [4.78, 5) is 10.5. The molecule has 0 N–H and O–H groups in total. The van der Waals surface area contributed by atoms with Crippen molar-refractivity contribution in [2.24, 2.45) is 0 Å².